The van der Waals surface area contributed by atoms with Crippen molar-refractivity contribution < 1.29 is 36.9 Å². The molecule has 0 saturated carbocycles. The smallest absolute Gasteiger partial charge is 0.274 e. The number of aryl methyl sites for hydroxylation is 1. The Labute approximate surface area is 209 Å². The number of anilines is 1. The fourth-order valence-corrected chi connectivity index (χ4v) is 4.03. The van der Waals surface area contributed by atoms with E-state index in [1.807, 2.05) is 0 Å². The molecule has 1 aliphatic rings. The molecule has 37 heavy (non-hydrogen) atoms. The Morgan fingerprint density at radius 3 is 2.68 bits per heavy atom. The van der Waals surface area contributed by atoms with Crippen molar-refractivity contribution in [3.63, 3.8) is 0 Å². The number of nitrogens with zero attached hydrogens (tertiary/aromatic N) is 3. The highest BCUT2D eigenvalue weighted by molar-refractivity contribution is 6.03. The van der Waals surface area contributed by atoms with Crippen molar-refractivity contribution in [2.75, 3.05) is 25.1 Å². The van der Waals surface area contributed by atoms with E-state index in [2.05, 4.69) is 15.4 Å². The Morgan fingerprint density at radius 2 is 1.97 bits per heavy atom. The van der Waals surface area contributed by atoms with Crippen LogP contribution in [0.25, 0.3) is 11.3 Å². The molecule has 4 rings (SSSR count). The summed E-state index contributed by atoms with van der Waals surface area (Å²) in [5, 5.41) is 15.5. The molecule has 1 aromatic carbocycles. The molecule has 1 saturated heterocycles. The number of aromatic nitrogens is 3. The number of nitrogens with one attached hydrogen (secondary N) is 1. The number of hydrogen-bond acceptors (Lipinski definition) is 7. The van der Waals surface area contributed by atoms with E-state index in [4.69, 9.17) is 20.3 Å². The van der Waals surface area contributed by atoms with E-state index in [-0.39, 0.29) is 37.0 Å². The van der Waals surface area contributed by atoms with Crippen molar-refractivity contribution in [2.45, 2.75) is 31.2 Å². The van der Waals surface area contributed by atoms with Crippen molar-refractivity contribution in [1.29, 1.82) is 0 Å². The summed E-state index contributed by atoms with van der Waals surface area (Å²) >= 11 is 0. The number of pyridine rings is 1. The van der Waals surface area contributed by atoms with Gasteiger partial charge in [0.05, 0.1) is 36.4 Å². The summed E-state index contributed by atoms with van der Waals surface area (Å²) in [7, 11) is 1.62. The maximum atomic E-state index is 14.7. The lowest BCUT2D eigenvalue weighted by Crippen LogP contribution is -2.32. The van der Waals surface area contributed by atoms with Gasteiger partial charge < -0.3 is 25.6 Å². The largest absolute Gasteiger partial charge is 0.491 e. The van der Waals surface area contributed by atoms with E-state index in [1.165, 1.54) is 10.9 Å². The van der Waals surface area contributed by atoms with Gasteiger partial charge in [0, 0.05) is 25.2 Å². The van der Waals surface area contributed by atoms with E-state index in [9.17, 15) is 22.4 Å². The Bertz CT molecular complexity index is 1250. The van der Waals surface area contributed by atoms with E-state index in [0.29, 0.717) is 18.5 Å². The van der Waals surface area contributed by atoms with Crippen LogP contribution in [0.4, 0.5) is 23.2 Å². The first kappa shape index (κ1) is 26.5. The van der Waals surface area contributed by atoms with Gasteiger partial charge in [-0.25, -0.2) is 22.5 Å². The van der Waals surface area contributed by atoms with E-state index < -0.39 is 52.9 Å². The van der Waals surface area contributed by atoms with Crippen molar-refractivity contribution in [2.24, 2.45) is 12.8 Å². The van der Waals surface area contributed by atoms with Crippen molar-refractivity contribution in [1.82, 2.24) is 14.8 Å². The molecule has 2 unspecified atom stereocenters. The Balaban J connectivity index is 1.60. The number of aliphatic hydroxyl groups is 1. The molecular weight excluding hydrogens is 498 g/mol. The van der Waals surface area contributed by atoms with Crippen molar-refractivity contribution >= 4 is 11.6 Å². The van der Waals surface area contributed by atoms with Gasteiger partial charge in [0.25, 0.3) is 5.91 Å². The lowest BCUT2D eigenvalue weighted by Gasteiger charge is -2.18. The molecule has 3 aromatic rings. The van der Waals surface area contributed by atoms with Gasteiger partial charge in [0.1, 0.15) is 53.5 Å². The van der Waals surface area contributed by atoms with E-state index in [0.717, 1.165) is 24.3 Å². The summed E-state index contributed by atoms with van der Waals surface area (Å²) in [5.41, 5.74) is 4.70. The fourth-order valence-electron chi connectivity index (χ4n) is 4.03. The average Bonchev–Trinajstić information content (AvgIpc) is 3.13. The molecule has 13 heteroatoms. The lowest BCUT2D eigenvalue weighted by atomic mass is 10.0. The van der Waals surface area contributed by atoms with Crippen molar-refractivity contribution in [3.05, 3.63) is 59.3 Å². The number of hydrogen-bond donors (Lipinski definition) is 3. The molecule has 0 radical (unpaired) electrons. The van der Waals surface area contributed by atoms with Gasteiger partial charge in [-0.15, -0.1) is 0 Å². The van der Waals surface area contributed by atoms with E-state index >= 15 is 0 Å². The second kappa shape index (κ2) is 11.2. The number of rotatable bonds is 7. The number of ether oxygens (including phenoxy) is 2. The zero-order valence-corrected chi connectivity index (χ0v) is 19.8. The highest BCUT2D eigenvalue weighted by atomic mass is 19.1. The van der Waals surface area contributed by atoms with Crippen LogP contribution >= 0.6 is 0 Å². The summed E-state index contributed by atoms with van der Waals surface area (Å²) in [6.07, 6.45) is 0.187. The zero-order valence-electron chi connectivity index (χ0n) is 19.8. The van der Waals surface area contributed by atoms with Gasteiger partial charge >= 0.3 is 0 Å². The summed E-state index contributed by atoms with van der Waals surface area (Å²) in [5.74, 6) is -4.38. The standard InChI is InChI=1S/C24H25F4N5O4/c1-33-23(20-5-3-17(29)16(28)11-37-20)19(10-30-33)32-24(35)18-4-2-13(25)22(31-18)21-14(26)8-12(9-15(21)27)36-7-6-34/h2,4,8-10,16-17,20,34H,3,5-7,11,29H2,1H3,(H,32,35)/t16-,17?,20?/m0/s1. The van der Waals surface area contributed by atoms with Crippen LogP contribution in [0.15, 0.2) is 30.5 Å². The molecule has 1 fully saturated rings. The molecule has 0 bridgehead atoms. The Morgan fingerprint density at radius 1 is 1.24 bits per heavy atom. The van der Waals surface area contributed by atoms with Crippen LogP contribution in [0, 0.1) is 17.5 Å². The zero-order chi connectivity index (χ0) is 26.7. The van der Waals surface area contributed by atoms with Crippen LogP contribution in [0.2, 0.25) is 0 Å². The molecule has 0 spiro atoms. The van der Waals surface area contributed by atoms with Gasteiger partial charge in [0.15, 0.2) is 0 Å². The number of carbonyl (C=O) groups excluding carboxylic acids is 1. The van der Waals surface area contributed by atoms with Gasteiger partial charge in [-0.05, 0) is 25.0 Å². The molecule has 1 aliphatic heterocycles. The topological polar surface area (TPSA) is 125 Å². The van der Waals surface area contributed by atoms with E-state index in [1.54, 1.807) is 7.05 Å². The van der Waals surface area contributed by atoms with Crippen LogP contribution in [0.3, 0.4) is 0 Å². The van der Waals surface area contributed by atoms with Gasteiger partial charge in [-0.1, -0.05) is 0 Å². The molecule has 198 valence electrons. The average molecular weight is 523 g/mol. The highest BCUT2D eigenvalue weighted by Crippen LogP contribution is 2.33. The number of carbonyl (C=O) groups is 1. The second-order valence-corrected chi connectivity index (χ2v) is 8.46. The SMILES string of the molecule is Cn1ncc(NC(=O)c2ccc(F)c(-c3c(F)cc(OCCO)cc3F)n2)c1C1CCC(N)[C@@H](F)CO1. The molecule has 9 nitrogen and oxygen atoms in total. The maximum Gasteiger partial charge on any atom is 0.274 e. The number of aliphatic hydroxyl groups excluding tert-OH is 1. The summed E-state index contributed by atoms with van der Waals surface area (Å²) in [6.45, 7) is -0.772. The Kier molecular flexibility index (Phi) is 8.05. The third-order valence-corrected chi connectivity index (χ3v) is 5.91. The first-order chi connectivity index (χ1) is 17.7. The summed E-state index contributed by atoms with van der Waals surface area (Å²) < 4.78 is 70.0. The van der Waals surface area contributed by atoms with Gasteiger partial charge in [-0.2, -0.15) is 5.10 Å². The Hall–Kier alpha value is -3.55. The number of amides is 1. The fraction of sp³-hybridized carbons (Fsp3) is 0.375. The third-order valence-electron chi connectivity index (χ3n) is 5.91. The van der Waals surface area contributed by atoms with Crippen LogP contribution in [0.5, 0.6) is 5.75 Å². The summed E-state index contributed by atoms with van der Waals surface area (Å²) in [6, 6.07) is 2.91. The molecular formula is C24H25F4N5O4. The van der Waals surface area contributed by atoms with Crippen LogP contribution < -0.4 is 15.8 Å². The first-order valence-corrected chi connectivity index (χ1v) is 11.4. The van der Waals surface area contributed by atoms with Crippen LogP contribution in [0.1, 0.15) is 35.1 Å². The maximum absolute atomic E-state index is 14.7. The van der Waals surface area contributed by atoms with Crippen LogP contribution in [-0.2, 0) is 11.8 Å². The number of nitrogens with two attached hydrogens (primary N) is 1. The molecule has 0 aliphatic carbocycles. The highest BCUT2D eigenvalue weighted by Gasteiger charge is 2.30. The lowest BCUT2D eigenvalue weighted by molar-refractivity contribution is 0.0247. The minimum Gasteiger partial charge on any atom is -0.491 e. The third kappa shape index (κ3) is 5.73. The van der Waals surface area contributed by atoms with Crippen LogP contribution in [-0.4, -0.2) is 57.8 Å². The molecule has 2 aromatic heterocycles. The number of benzene rings is 1. The van der Waals surface area contributed by atoms with Gasteiger partial charge in [0.2, 0.25) is 0 Å². The quantitative estimate of drug-likeness (QED) is 0.407. The molecule has 4 N–H and O–H groups in total. The minimum absolute atomic E-state index is 0.191. The normalized spacial score (nSPS) is 19.9. The molecule has 3 heterocycles. The summed E-state index contributed by atoms with van der Waals surface area (Å²) in [4.78, 5) is 16.8. The van der Waals surface area contributed by atoms with Gasteiger partial charge in [-0.3, -0.25) is 9.48 Å². The number of alkyl halides is 1. The molecule has 3 atom stereocenters. The predicted octanol–water partition coefficient (Wildman–Crippen LogP) is 3.04. The minimum atomic E-state index is -1.32. The van der Waals surface area contributed by atoms with Crippen molar-refractivity contribution in [3.8, 4) is 17.0 Å². The first-order valence-electron chi connectivity index (χ1n) is 11.4. The second-order valence-electron chi connectivity index (χ2n) is 8.46. The number of halogens is 4. The predicted molar refractivity (Wildman–Crippen MR) is 124 cm³/mol. The monoisotopic (exact) mass is 523 g/mol. The molecule has 1 amide bonds.